The summed E-state index contributed by atoms with van der Waals surface area (Å²) in [5, 5.41) is 0. The van der Waals surface area contributed by atoms with Gasteiger partial charge in [-0.3, -0.25) is 0 Å². The third-order valence-corrected chi connectivity index (χ3v) is 5.11. The molecule has 0 amide bonds. The Hall–Kier alpha value is -2.13. The molecule has 23 heavy (non-hydrogen) atoms. The first-order chi connectivity index (χ1) is 11.0. The van der Waals surface area contributed by atoms with Crippen LogP contribution in [0.4, 0.5) is 0 Å². The fourth-order valence-corrected chi connectivity index (χ4v) is 3.38. The maximum Gasteiger partial charge on any atom is 0.240 e. The van der Waals surface area contributed by atoms with Crippen molar-refractivity contribution in [3.63, 3.8) is 0 Å². The average Bonchev–Trinajstić information content (AvgIpc) is 2.56. The van der Waals surface area contributed by atoms with E-state index < -0.39 is 10.0 Å². The highest BCUT2D eigenvalue weighted by atomic mass is 32.2. The molecular formula is C19H21NO2S. The monoisotopic (exact) mass is 327 g/mol. The molecule has 0 aliphatic heterocycles. The molecule has 0 aromatic heterocycles. The SMILES string of the molecule is C=C=CCC(CNS(=O)(=O)c1ccc(C)cc1)c1ccccc1. The second kappa shape index (κ2) is 7.93. The zero-order valence-electron chi connectivity index (χ0n) is 13.2. The van der Waals surface area contributed by atoms with E-state index in [-0.39, 0.29) is 10.8 Å². The van der Waals surface area contributed by atoms with Crippen LogP contribution >= 0.6 is 0 Å². The van der Waals surface area contributed by atoms with E-state index >= 15 is 0 Å². The molecule has 1 atom stereocenters. The predicted molar refractivity (Wildman–Crippen MR) is 93.9 cm³/mol. The van der Waals surface area contributed by atoms with Crippen molar-refractivity contribution in [2.45, 2.75) is 24.2 Å². The molecule has 2 rings (SSSR count). The van der Waals surface area contributed by atoms with Crippen LogP contribution in [0.5, 0.6) is 0 Å². The summed E-state index contributed by atoms with van der Waals surface area (Å²) in [6.07, 6.45) is 2.52. The van der Waals surface area contributed by atoms with Gasteiger partial charge in [-0.2, -0.15) is 0 Å². The Kier molecular flexibility index (Phi) is 5.94. The Morgan fingerprint density at radius 3 is 2.39 bits per heavy atom. The van der Waals surface area contributed by atoms with Crippen molar-refractivity contribution < 1.29 is 8.42 Å². The molecule has 0 saturated carbocycles. The van der Waals surface area contributed by atoms with Gasteiger partial charge in [-0.1, -0.05) is 54.6 Å². The van der Waals surface area contributed by atoms with Crippen molar-refractivity contribution in [2.75, 3.05) is 6.54 Å². The summed E-state index contributed by atoms with van der Waals surface area (Å²) in [4.78, 5) is 0.286. The molecule has 0 spiro atoms. The highest BCUT2D eigenvalue weighted by molar-refractivity contribution is 7.89. The average molecular weight is 327 g/mol. The molecule has 3 nitrogen and oxygen atoms in total. The van der Waals surface area contributed by atoms with Gasteiger partial charge in [-0.25, -0.2) is 13.1 Å². The van der Waals surface area contributed by atoms with Gasteiger partial charge in [0.15, 0.2) is 0 Å². The summed E-state index contributed by atoms with van der Waals surface area (Å²) in [6, 6.07) is 16.7. The van der Waals surface area contributed by atoms with E-state index in [9.17, 15) is 8.42 Å². The number of sulfonamides is 1. The first-order valence-corrected chi connectivity index (χ1v) is 8.97. The number of hydrogen-bond donors (Lipinski definition) is 1. The summed E-state index contributed by atoms with van der Waals surface area (Å²) in [6.45, 7) is 5.83. The van der Waals surface area contributed by atoms with Crippen LogP contribution in [0, 0.1) is 6.92 Å². The minimum absolute atomic E-state index is 0.0469. The van der Waals surface area contributed by atoms with E-state index in [4.69, 9.17) is 0 Å². The molecule has 0 aliphatic carbocycles. The van der Waals surface area contributed by atoms with Crippen LogP contribution < -0.4 is 4.72 Å². The van der Waals surface area contributed by atoms with Crippen molar-refractivity contribution in [1.82, 2.24) is 4.72 Å². The van der Waals surface area contributed by atoms with E-state index in [1.807, 2.05) is 43.3 Å². The van der Waals surface area contributed by atoms with Crippen LogP contribution in [-0.4, -0.2) is 15.0 Å². The Balaban J connectivity index is 2.14. The maximum absolute atomic E-state index is 12.4. The van der Waals surface area contributed by atoms with Gasteiger partial charge in [0.1, 0.15) is 0 Å². The smallest absolute Gasteiger partial charge is 0.211 e. The molecule has 0 fully saturated rings. The van der Waals surface area contributed by atoms with E-state index in [1.165, 1.54) is 0 Å². The molecule has 0 aliphatic rings. The second-order valence-corrected chi connectivity index (χ2v) is 7.18. The molecule has 4 heteroatoms. The summed E-state index contributed by atoms with van der Waals surface area (Å²) in [5.41, 5.74) is 4.87. The number of hydrogen-bond acceptors (Lipinski definition) is 2. The van der Waals surface area contributed by atoms with E-state index in [0.29, 0.717) is 13.0 Å². The normalized spacial score (nSPS) is 12.4. The minimum atomic E-state index is -3.51. The van der Waals surface area contributed by atoms with Crippen LogP contribution in [0.15, 0.2) is 77.9 Å². The van der Waals surface area contributed by atoms with Crippen LogP contribution in [0.3, 0.4) is 0 Å². The molecule has 1 unspecified atom stereocenters. The fourth-order valence-electron chi connectivity index (χ4n) is 2.30. The lowest BCUT2D eigenvalue weighted by Crippen LogP contribution is -2.28. The molecule has 1 N–H and O–H groups in total. The van der Waals surface area contributed by atoms with Gasteiger partial charge in [0, 0.05) is 12.5 Å². The van der Waals surface area contributed by atoms with Crippen LogP contribution in [0.1, 0.15) is 23.5 Å². The van der Waals surface area contributed by atoms with Gasteiger partial charge in [-0.15, -0.1) is 5.73 Å². The largest absolute Gasteiger partial charge is 0.240 e. The van der Waals surface area contributed by atoms with Crippen LogP contribution in [0.2, 0.25) is 0 Å². The molecule has 0 heterocycles. The second-order valence-electron chi connectivity index (χ2n) is 5.42. The molecule has 2 aromatic rings. The third-order valence-electron chi connectivity index (χ3n) is 3.67. The summed E-state index contributed by atoms with van der Waals surface area (Å²) in [5.74, 6) is 0.0469. The van der Waals surface area contributed by atoms with Gasteiger partial charge in [0.05, 0.1) is 4.90 Å². The zero-order chi connectivity index (χ0) is 16.7. The number of rotatable bonds is 7. The first kappa shape index (κ1) is 17.2. The van der Waals surface area contributed by atoms with Crippen molar-refractivity contribution in [1.29, 1.82) is 0 Å². The third kappa shape index (κ3) is 4.93. The van der Waals surface area contributed by atoms with Gasteiger partial charge in [0.2, 0.25) is 10.0 Å². The highest BCUT2D eigenvalue weighted by Crippen LogP contribution is 2.20. The van der Waals surface area contributed by atoms with E-state index in [0.717, 1.165) is 11.1 Å². The molecule has 0 saturated heterocycles. The predicted octanol–water partition coefficient (Wildman–Crippen LogP) is 3.79. The van der Waals surface area contributed by atoms with Crippen LogP contribution in [-0.2, 0) is 10.0 Å². The zero-order valence-corrected chi connectivity index (χ0v) is 14.0. The number of allylic oxidation sites excluding steroid dienone is 1. The lowest BCUT2D eigenvalue weighted by atomic mass is 9.96. The summed E-state index contributed by atoms with van der Waals surface area (Å²) in [7, 11) is -3.51. The van der Waals surface area contributed by atoms with Crippen molar-refractivity contribution in [3.8, 4) is 0 Å². The number of benzene rings is 2. The number of nitrogens with one attached hydrogen (secondary N) is 1. The van der Waals surface area contributed by atoms with Crippen molar-refractivity contribution in [2.24, 2.45) is 0 Å². The molecular weight excluding hydrogens is 306 g/mol. The standard InChI is InChI=1S/C19H21NO2S/c1-3-4-8-18(17-9-6-5-7-10-17)15-20-23(21,22)19-13-11-16(2)12-14-19/h4-7,9-14,18,20H,1,8,15H2,2H3. The fraction of sp³-hybridized carbons (Fsp3) is 0.211. The molecule has 0 radical (unpaired) electrons. The summed E-state index contributed by atoms with van der Waals surface area (Å²) >= 11 is 0. The number of aryl methyl sites for hydroxylation is 1. The molecule has 2 aromatic carbocycles. The van der Waals surface area contributed by atoms with Gasteiger partial charge in [-0.05, 0) is 37.1 Å². The minimum Gasteiger partial charge on any atom is -0.211 e. The topological polar surface area (TPSA) is 46.2 Å². The molecule has 0 bridgehead atoms. The quantitative estimate of drug-likeness (QED) is 0.787. The van der Waals surface area contributed by atoms with E-state index in [2.05, 4.69) is 17.0 Å². The first-order valence-electron chi connectivity index (χ1n) is 7.48. The van der Waals surface area contributed by atoms with Gasteiger partial charge < -0.3 is 0 Å². The Morgan fingerprint density at radius 2 is 1.78 bits per heavy atom. The van der Waals surface area contributed by atoms with E-state index in [1.54, 1.807) is 24.3 Å². The van der Waals surface area contributed by atoms with Crippen molar-refractivity contribution >= 4 is 10.0 Å². The summed E-state index contributed by atoms with van der Waals surface area (Å²) < 4.78 is 27.5. The Labute approximate surface area is 138 Å². The van der Waals surface area contributed by atoms with Crippen molar-refractivity contribution in [3.05, 3.63) is 84.1 Å². The highest BCUT2D eigenvalue weighted by Gasteiger charge is 2.17. The van der Waals surface area contributed by atoms with Gasteiger partial charge >= 0.3 is 0 Å². The maximum atomic E-state index is 12.4. The van der Waals surface area contributed by atoms with Crippen LogP contribution in [0.25, 0.3) is 0 Å². The lowest BCUT2D eigenvalue weighted by molar-refractivity contribution is 0.570. The Bertz CT molecular complexity index is 774. The molecule has 120 valence electrons. The lowest BCUT2D eigenvalue weighted by Gasteiger charge is -2.16. The van der Waals surface area contributed by atoms with Gasteiger partial charge in [0.25, 0.3) is 0 Å². The Morgan fingerprint density at radius 1 is 1.13 bits per heavy atom.